The fourth-order valence-electron chi connectivity index (χ4n) is 5.39. The molecule has 0 aliphatic heterocycles. The highest BCUT2D eigenvalue weighted by molar-refractivity contribution is 5.96. The van der Waals surface area contributed by atoms with Crippen LogP contribution >= 0.6 is 0 Å². The van der Waals surface area contributed by atoms with Gasteiger partial charge in [0.25, 0.3) is 5.91 Å². The van der Waals surface area contributed by atoms with Crippen LogP contribution in [0.2, 0.25) is 0 Å². The standard InChI is InChI=1S/C31H33FN4O/c1-20-28(16-23(17-29(20)32)31(37)35-26-8-9-26)22-7-14-30-24(15-22)19-34-36(30)27-12-10-25(11-13-27)33-18-21-5-3-2-4-6-21/h7,10-17,19,21,26,33H,2-6,8-9,18H2,1H3,(H,35,37). The molecule has 6 heteroatoms. The minimum Gasteiger partial charge on any atom is -0.385 e. The monoisotopic (exact) mass is 496 g/mol. The Labute approximate surface area is 217 Å². The average Bonchev–Trinajstić information content (AvgIpc) is 3.64. The van der Waals surface area contributed by atoms with Gasteiger partial charge in [0.15, 0.2) is 0 Å². The summed E-state index contributed by atoms with van der Waals surface area (Å²) in [6, 6.07) is 17.8. The molecule has 0 bridgehead atoms. The maximum atomic E-state index is 14.8. The summed E-state index contributed by atoms with van der Waals surface area (Å²) < 4.78 is 16.7. The Bertz CT molecular complexity index is 1430. The fourth-order valence-corrected chi connectivity index (χ4v) is 5.39. The Kier molecular flexibility index (Phi) is 6.41. The molecule has 3 aromatic carbocycles. The molecule has 1 aromatic heterocycles. The molecular formula is C31H33FN4O. The summed E-state index contributed by atoms with van der Waals surface area (Å²) in [7, 11) is 0. The molecule has 0 saturated heterocycles. The first kappa shape index (κ1) is 23.7. The molecule has 190 valence electrons. The predicted octanol–water partition coefficient (Wildman–Crippen LogP) is 7.02. The number of rotatable bonds is 7. The van der Waals surface area contributed by atoms with Crippen molar-refractivity contribution in [3.8, 4) is 16.8 Å². The lowest BCUT2D eigenvalue weighted by Gasteiger charge is -2.22. The minimum absolute atomic E-state index is 0.215. The number of aromatic nitrogens is 2. The summed E-state index contributed by atoms with van der Waals surface area (Å²) >= 11 is 0. The Morgan fingerprint density at radius 3 is 2.54 bits per heavy atom. The van der Waals surface area contributed by atoms with Crippen LogP contribution in [0.4, 0.5) is 10.1 Å². The lowest BCUT2D eigenvalue weighted by Crippen LogP contribution is -2.25. The molecule has 37 heavy (non-hydrogen) atoms. The van der Waals surface area contributed by atoms with E-state index in [-0.39, 0.29) is 17.8 Å². The van der Waals surface area contributed by atoms with Crippen LogP contribution in [0.1, 0.15) is 60.9 Å². The topological polar surface area (TPSA) is 59.0 Å². The maximum absolute atomic E-state index is 14.8. The zero-order valence-electron chi connectivity index (χ0n) is 21.3. The van der Waals surface area contributed by atoms with Crippen molar-refractivity contribution in [2.45, 2.75) is 57.9 Å². The number of nitrogens with one attached hydrogen (secondary N) is 2. The number of benzene rings is 3. The van der Waals surface area contributed by atoms with Gasteiger partial charge in [-0.3, -0.25) is 4.79 Å². The number of amides is 1. The van der Waals surface area contributed by atoms with Crippen molar-refractivity contribution in [2.24, 2.45) is 5.92 Å². The second-order valence-electron chi connectivity index (χ2n) is 10.6. The molecule has 4 aromatic rings. The number of hydrogen-bond acceptors (Lipinski definition) is 3. The Hall–Kier alpha value is -3.67. The summed E-state index contributed by atoms with van der Waals surface area (Å²) in [5.74, 6) is 0.197. The van der Waals surface area contributed by atoms with E-state index in [9.17, 15) is 9.18 Å². The Morgan fingerprint density at radius 1 is 1.00 bits per heavy atom. The molecule has 0 spiro atoms. The molecule has 0 radical (unpaired) electrons. The first-order valence-electron chi connectivity index (χ1n) is 13.5. The van der Waals surface area contributed by atoms with E-state index in [1.54, 1.807) is 13.0 Å². The van der Waals surface area contributed by atoms with Crippen LogP contribution in [0.15, 0.2) is 60.8 Å². The van der Waals surface area contributed by atoms with Gasteiger partial charge in [-0.25, -0.2) is 9.07 Å². The highest BCUT2D eigenvalue weighted by Gasteiger charge is 2.24. The van der Waals surface area contributed by atoms with Crippen LogP contribution in [0.3, 0.4) is 0 Å². The lowest BCUT2D eigenvalue weighted by molar-refractivity contribution is 0.0950. The molecule has 1 heterocycles. The Morgan fingerprint density at radius 2 is 1.78 bits per heavy atom. The number of nitrogens with zero attached hydrogens (tertiary/aromatic N) is 2. The van der Waals surface area contributed by atoms with E-state index >= 15 is 0 Å². The van der Waals surface area contributed by atoms with E-state index in [4.69, 9.17) is 0 Å². The van der Waals surface area contributed by atoms with Crippen molar-refractivity contribution in [2.75, 3.05) is 11.9 Å². The largest absolute Gasteiger partial charge is 0.385 e. The van der Waals surface area contributed by atoms with Crippen molar-refractivity contribution in [3.63, 3.8) is 0 Å². The van der Waals surface area contributed by atoms with Crippen LogP contribution in [-0.4, -0.2) is 28.3 Å². The molecule has 2 aliphatic rings. The third kappa shape index (κ3) is 5.10. The quantitative estimate of drug-likeness (QED) is 0.289. The van der Waals surface area contributed by atoms with Gasteiger partial charge in [-0.1, -0.05) is 25.3 Å². The van der Waals surface area contributed by atoms with Gasteiger partial charge in [-0.2, -0.15) is 5.10 Å². The summed E-state index contributed by atoms with van der Waals surface area (Å²) in [5.41, 5.74) is 5.59. The van der Waals surface area contributed by atoms with E-state index in [1.165, 1.54) is 38.2 Å². The molecule has 2 saturated carbocycles. The van der Waals surface area contributed by atoms with Crippen molar-refractivity contribution >= 4 is 22.5 Å². The number of anilines is 1. The van der Waals surface area contributed by atoms with E-state index in [0.29, 0.717) is 11.1 Å². The number of halogens is 1. The van der Waals surface area contributed by atoms with E-state index in [2.05, 4.69) is 40.0 Å². The van der Waals surface area contributed by atoms with Gasteiger partial charge in [0.1, 0.15) is 5.82 Å². The van der Waals surface area contributed by atoms with Gasteiger partial charge >= 0.3 is 0 Å². The van der Waals surface area contributed by atoms with Crippen LogP contribution < -0.4 is 10.6 Å². The highest BCUT2D eigenvalue weighted by atomic mass is 19.1. The van der Waals surface area contributed by atoms with E-state index in [0.717, 1.165) is 58.7 Å². The summed E-state index contributed by atoms with van der Waals surface area (Å²) in [6.45, 7) is 2.79. The second-order valence-corrected chi connectivity index (χ2v) is 10.6. The van der Waals surface area contributed by atoms with E-state index < -0.39 is 0 Å². The smallest absolute Gasteiger partial charge is 0.251 e. The summed E-state index contributed by atoms with van der Waals surface area (Å²) in [6.07, 6.45) is 10.6. The summed E-state index contributed by atoms with van der Waals surface area (Å²) in [5, 5.41) is 12.1. The van der Waals surface area contributed by atoms with Crippen molar-refractivity contribution in [3.05, 3.63) is 77.7 Å². The molecule has 1 amide bonds. The minimum atomic E-state index is -0.369. The molecule has 6 rings (SSSR count). The van der Waals surface area contributed by atoms with Crippen LogP contribution in [0.5, 0.6) is 0 Å². The normalized spacial score (nSPS) is 16.2. The fraction of sp³-hybridized carbons (Fsp3) is 0.355. The van der Waals surface area contributed by atoms with Crippen molar-refractivity contribution in [1.29, 1.82) is 0 Å². The zero-order valence-corrected chi connectivity index (χ0v) is 21.3. The molecule has 5 nitrogen and oxygen atoms in total. The molecule has 2 fully saturated rings. The molecule has 0 unspecified atom stereocenters. The number of fused-ring (bicyclic) bond motifs is 1. The Balaban J connectivity index is 1.23. The lowest BCUT2D eigenvalue weighted by atomic mass is 9.89. The number of carbonyl (C=O) groups excluding carboxylic acids is 1. The van der Waals surface area contributed by atoms with Gasteiger partial charge < -0.3 is 10.6 Å². The van der Waals surface area contributed by atoms with Crippen LogP contribution in [0, 0.1) is 18.7 Å². The first-order chi connectivity index (χ1) is 18.0. The zero-order chi connectivity index (χ0) is 25.4. The first-order valence-corrected chi connectivity index (χ1v) is 13.5. The summed E-state index contributed by atoms with van der Waals surface area (Å²) in [4.78, 5) is 12.6. The highest BCUT2D eigenvalue weighted by Crippen LogP contribution is 2.31. The van der Waals surface area contributed by atoms with Gasteiger partial charge in [-0.05, 0) is 104 Å². The third-order valence-corrected chi connectivity index (χ3v) is 7.83. The van der Waals surface area contributed by atoms with Gasteiger partial charge in [0.05, 0.1) is 17.4 Å². The van der Waals surface area contributed by atoms with Crippen molar-refractivity contribution < 1.29 is 9.18 Å². The van der Waals surface area contributed by atoms with Gasteiger partial charge in [0, 0.05) is 29.2 Å². The van der Waals surface area contributed by atoms with E-state index in [1.807, 2.05) is 29.1 Å². The SMILES string of the molecule is Cc1c(F)cc(C(=O)NC2CC2)cc1-c1ccc2c(cnn2-c2ccc(NCC3CCCCC3)cc2)c1. The number of hydrogen-bond donors (Lipinski definition) is 2. The third-order valence-electron chi connectivity index (χ3n) is 7.83. The van der Waals surface area contributed by atoms with Gasteiger partial charge in [-0.15, -0.1) is 0 Å². The average molecular weight is 497 g/mol. The maximum Gasteiger partial charge on any atom is 0.251 e. The molecule has 2 N–H and O–H groups in total. The predicted molar refractivity (Wildman–Crippen MR) is 147 cm³/mol. The number of carbonyl (C=O) groups is 1. The van der Waals surface area contributed by atoms with Crippen LogP contribution in [-0.2, 0) is 0 Å². The van der Waals surface area contributed by atoms with Crippen molar-refractivity contribution in [1.82, 2.24) is 15.1 Å². The van der Waals surface area contributed by atoms with Crippen LogP contribution in [0.25, 0.3) is 27.7 Å². The molecular weight excluding hydrogens is 463 g/mol. The van der Waals surface area contributed by atoms with Gasteiger partial charge in [0.2, 0.25) is 0 Å². The molecule has 0 atom stereocenters. The second kappa shape index (κ2) is 10.0. The molecule has 2 aliphatic carbocycles.